The van der Waals surface area contributed by atoms with E-state index in [1.165, 1.54) is 6.07 Å². The Morgan fingerprint density at radius 1 is 1.15 bits per heavy atom. The highest BCUT2D eigenvalue weighted by Crippen LogP contribution is 2.21. The fourth-order valence-corrected chi connectivity index (χ4v) is 2.05. The minimum absolute atomic E-state index is 0.289. The first-order valence-corrected chi connectivity index (χ1v) is 6.33. The first-order valence-electron chi connectivity index (χ1n) is 6.33. The zero-order valence-corrected chi connectivity index (χ0v) is 11.8. The van der Waals surface area contributed by atoms with Crippen LogP contribution in [0.15, 0.2) is 30.3 Å². The molecule has 2 rings (SSSR count). The Bertz CT molecular complexity index is 680. The summed E-state index contributed by atoms with van der Waals surface area (Å²) in [5.74, 6) is -0.633. The maximum Gasteiger partial charge on any atom is 0.256 e. The van der Waals surface area contributed by atoms with Gasteiger partial charge in [-0.1, -0.05) is 12.1 Å². The summed E-state index contributed by atoms with van der Waals surface area (Å²) in [5.41, 5.74) is 9.55. The standard InChI is InChI=1S/C16H17FN2O/c1-9-7-10(2)14(18)8-12(9)16(20)19-15-6-4-5-13(17)11(15)3/h4-8H,18H2,1-3H3,(H,19,20). The third kappa shape index (κ3) is 2.64. The lowest BCUT2D eigenvalue weighted by Crippen LogP contribution is -2.15. The molecule has 2 aromatic carbocycles. The summed E-state index contributed by atoms with van der Waals surface area (Å²) in [5, 5.41) is 2.72. The van der Waals surface area contributed by atoms with E-state index < -0.39 is 0 Å². The van der Waals surface area contributed by atoms with Crippen molar-refractivity contribution in [2.24, 2.45) is 0 Å². The molecule has 2 aromatic rings. The Labute approximate surface area is 117 Å². The van der Waals surface area contributed by atoms with E-state index in [0.29, 0.717) is 22.5 Å². The molecule has 20 heavy (non-hydrogen) atoms. The molecule has 0 radical (unpaired) electrons. The van der Waals surface area contributed by atoms with Crippen molar-refractivity contribution in [1.82, 2.24) is 0 Å². The Balaban J connectivity index is 2.33. The molecule has 0 aliphatic rings. The van der Waals surface area contributed by atoms with Gasteiger partial charge < -0.3 is 11.1 Å². The van der Waals surface area contributed by atoms with Crippen LogP contribution in [0.1, 0.15) is 27.0 Å². The van der Waals surface area contributed by atoms with E-state index in [2.05, 4.69) is 5.32 Å². The smallest absolute Gasteiger partial charge is 0.256 e. The van der Waals surface area contributed by atoms with Gasteiger partial charge in [-0.25, -0.2) is 4.39 Å². The molecule has 0 fully saturated rings. The molecule has 0 aliphatic carbocycles. The van der Waals surface area contributed by atoms with Crippen molar-refractivity contribution in [1.29, 1.82) is 0 Å². The molecule has 0 atom stereocenters. The van der Waals surface area contributed by atoms with E-state index in [0.717, 1.165) is 11.1 Å². The first kappa shape index (κ1) is 14.1. The summed E-state index contributed by atoms with van der Waals surface area (Å²) in [6.45, 7) is 5.36. The van der Waals surface area contributed by atoms with Gasteiger partial charge in [0.15, 0.2) is 0 Å². The zero-order valence-electron chi connectivity index (χ0n) is 11.8. The van der Waals surface area contributed by atoms with Crippen LogP contribution in [0.4, 0.5) is 15.8 Å². The number of aryl methyl sites for hydroxylation is 2. The second-order valence-electron chi connectivity index (χ2n) is 4.89. The van der Waals surface area contributed by atoms with Crippen molar-refractivity contribution in [2.75, 3.05) is 11.1 Å². The van der Waals surface area contributed by atoms with Gasteiger partial charge in [0, 0.05) is 22.5 Å². The van der Waals surface area contributed by atoms with Crippen LogP contribution in [-0.4, -0.2) is 5.91 Å². The van der Waals surface area contributed by atoms with Crippen molar-refractivity contribution in [3.8, 4) is 0 Å². The number of amides is 1. The number of benzene rings is 2. The third-order valence-electron chi connectivity index (χ3n) is 3.37. The fraction of sp³-hybridized carbons (Fsp3) is 0.188. The Morgan fingerprint density at radius 2 is 1.85 bits per heavy atom. The van der Waals surface area contributed by atoms with Crippen LogP contribution in [0.5, 0.6) is 0 Å². The Kier molecular flexibility index (Phi) is 3.74. The predicted octanol–water partition coefficient (Wildman–Crippen LogP) is 3.59. The lowest BCUT2D eigenvalue weighted by atomic mass is 10.0. The number of nitrogen functional groups attached to an aromatic ring is 1. The number of hydrogen-bond donors (Lipinski definition) is 2. The molecule has 104 valence electrons. The number of carbonyl (C=O) groups excluding carboxylic acids is 1. The van der Waals surface area contributed by atoms with E-state index >= 15 is 0 Å². The average molecular weight is 272 g/mol. The van der Waals surface area contributed by atoms with Gasteiger partial charge in [0.2, 0.25) is 0 Å². The first-order chi connectivity index (χ1) is 9.40. The minimum Gasteiger partial charge on any atom is -0.398 e. The van der Waals surface area contributed by atoms with Gasteiger partial charge in [-0.3, -0.25) is 4.79 Å². The van der Waals surface area contributed by atoms with E-state index in [1.54, 1.807) is 25.1 Å². The number of anilines is 2. The number of nitrogens with two attached hydrogens (primary N) is 1. The molecule has 0 aromatic heterocycles. The molecule has 0 saturated carbocycles. The quantitative estimate of drug-likeness (QED) is 0.821. The van der Waals surface area contributed by atoms with Crippen LogP contribution >= 0.6 is 0 Å². The van der Waals surface area contributed by atoms with Crippen LogP contribution in [0.25, 0.3) is 0 Å². The fourth-order valence-electron chi connectivity index (χ4n) is 2.05. The number of halogens is 1. The number of hydrogen-bond acceptors (Lipinski definition) is 2. The molecule has 3 N–H and O–H groups in total. The van der Waals surface area contributed by atoms with Crippen molar-refractivity contribution in [2.45, 2.75) is 20.8 Å². The minimum atomic E-state index is -0.344. The summed E-state index contributed by atoms with van der Waals surface area (Å²) in [6.07, 6.45) is 0. The summed E-state index contributed by atoms with van der Waals surface area (Å²) >= 11 is 0. The van der Waals surface area contributed by atoms with E-state index in [4.69, 9.17) is 5.73 Å². The van der Waals surface area contributed by atoms with Gasteiger partial charge in [0.25, 0.3) is 5.91 Å². The number of rotatable bonds is 2. The maximum absolute atomic E-state index is 13.5. The highest BCUT2D eigenvalue weighted by molar-refractivity contribution is 6.06. The molecular formula is C16H17FN2O. The molecule has 0 bridgehead atoms. The number of nitrogens with one attached hydrogen (secondary N) is 1. The van der Waals surface area contributed by atoms with Crippen LogP contribution in [-0.2, 0) is 0 Å². The van der Waals surface area contributed by atoms with Crippen LogP contribution in [0.2, 0.25) is 0 Å². The highest BCUT2D eigenvalue weighted by Gasteiger charge is 2.13. The van der Waals surface area contributed by atoms with Crippen LogP contribution in [0.3, 0.4) is 0 Å². The van der Waals surface area contributed by atoms with Crippen LogP contribution < -0.4 is 11.1 Å². The number of carbonyl (C=O) groups is 1. The summed E-state index contributed by atoms with van der Waals surface area (Å²) in [7, 11) is 0. The molecule has 0 heterocycles. The van der Waals surface area contributed by atoms with Crippen molar-refractivity contribution >= 4 is 17.3 Å². The van der Waals surface area contributed by atoms with Crippen molar-refractivity contribution in [3.63, 3.8) is 0 Å². The molecular weight excluding hydrogens is 255 g/mol. The zero-order chi connectivity index (χ0) is 14.9. The van der Waals surface area contributed by atoms with E-state index in [9.17, 15) is 9.18 Å². The second-order valence-corrected chi connectivity index (χ2v) is 4.89. The summed E-state index contributed by atoms with van der Waals surface area (Å²) < 4.78 is 13.5. The monoisotopic (exact) mass is 272 g/mol. The predicted molar refractivity (Wildman–Crippen MR) is 79.4 cm³/mol. The van der Waals surface area contributed by atoms with Crippen molar-refractivity contribution in [3.05, 3.63) is 58.4 Å². The maximum atomic E-state index is 13.5. The Morgan fingerprint density at radius 3 is 2.55 bits per heavy atom. The van der Waals surface area contributed by atoms with Gasteiger partial charge >= 0.3 is 0 Å². The van der Waals surface area contributed by atoms with Gasteiger partial charge in [0.1, 0.15) is 5.82 Å². The van der Waals surface area contributed by atoms with E-state index in [-0.39, 0.29) is 11.7 Å². The van der Waals surface area contributed by atoms with Gasteiger partial charge in [0.05, 0.1) is 0 Å². The highest BCUT2D eigenvalue weighted by atomic mass is 19.1. The normalized spacial score (nSPS) is 10.4. The van der Waals surface area contributed by atoms with Gasteiger partial charge in [-0.05, 0) is 50.1 Å². The molecule has 0 aliphatic heterocycles. The third-order valence-corrected chi connectivity index (χ3v) is 3.37. The second kappa shape index (κ2) is 5.33. The lowest BCUT2D eigenvalue weighted by Gasteiger charge is -2.12. The van der Waals surface area contributed by atoms with E-state index in [1.807, 2.05) is 19.9 Å². The molecule has 3 nitrogen and oxygen atoms in total. The average Bonchev–Trinajstić information content (AvgIpc) is 2.39. The SMILES string of the molecule is Cc1cc(C)c(C(=O)Nc2cccc(F)c2C)cc1N. The summed E-state index contributed by atoms with van der Waals surface area (Å²) in [6, 6.07) is 8.11. The lowest BCUT2D eigenvalue weighted by molar-refractivity contribution is 0.102. The van der Waals surface area contributed by atoms with Gasteiger partial charge in [-0.2, -0.15) is 0 Å². The molecule has 0 unspecified atom stereocenters. The molecule has 0 saturated heterocycles. The topological polar surface area (TPSA) is 55.1 Å². The van der Waals surface area contributed by atoms with Crippen LogP contribution in [0, 0.1) is 26.6 Å². The molecule has 4 heteroatoms. The van der Waals surface area contributed by atoms with Gasteiger partial charge in [-0.15, -0.1) is 0 Å². The van der Waals surface area contributed by atoms with Crippen molar-refractivity contribution < 1.29 is 9.18 Å². The Hall–Kier alpha value is -2.36. The molecule has 0 spiro atoms. The molecule has 1 amide bonds. The largest absolute Gasteiger partial charge is 0.398 e. The summed E-state index contributed by atoms with van der Waals surface area (Å²) in [4.78, 5) is 12.3.